The molecule has 3 aromatic carbocycles. The molecule has 0 unspecified atom stereocenters. The van der Waals surface area contributed by atoms with Gasteiger partial charge in [-0.15, -0.1) is 12.4 Å². The minimum absolute atomic E-state index is 0. The van der Waals surface area contributed by atoms with E-state index in [1.165, 1.54) is 0 Å². The summed E-state index contributed by atoms with van der Waals surface area (Å²) in [6.45, 7) is 31.0. The van der Waals surface area contributed by atoms with Crippen molar-refractivity contribution in [2.75, 3.05) is 96.6 Å². The van der Waals surface area contributed by atoms with Crippen LogP contribution in [0.15, 0.2) is 59.1 Å². The van der Waals surface area contributed by atoms with Gasteiger partial charge in [0.15, 0.2) is 17.5 Å². The molecule has 9 rings (SSSR count). The number of unbranched alkanes of at least 4 members (excludes halogenated alkanes) is 6. The van der Waals surface area contributed by atoms with E-state index in [1.54, 1.807) is 44.7 Å². The Labute approximate surface area is 605 Å². The number of nitrogens with two attached hydrogens (primary N) is 4. The van der Waals surface area contributed by atoms with E-state index >= 15 is 0 Å². The van der Waals surface area contributed by atoms with Gasteiger partial charge >= 0.3 is 20.0 Å². The molecular formula is C70H109BrClN15O10P3+. The predicted molar refractivity (Wildman–Crippen MR) is 418 cm³/mol. The summed E-state index contributed by atoms with van der Waals surface area (Å²) < 4.78 is 51.5. The number of ether oxygens (including phenoxy) is 2. The number of hydrogen-bond acceptors (Lipinski definition) is 20. The van der Waals surface area contributed by atoms with Crippen molar-refractivity contribution in [1.29, 1.82) is 0 Å². The van der Waals surface area contributed by atoms with Crippen molar-refractivity contribution in [3.8, 4) is 0 Å². The number of nitrogen functional groups attached to an aromatic ring is 3. The van der Waals surface area contributed by atoms with Crippen molar-refractivity contribution < 1.29 is 48.7 Å². The maximum absolute atomic E-state index is 12.6. The van der Waals surface area contributed by atoms with Gasteiger partial charge in [0, 0.05) is 65.0 Å². The minimum atomic E-state index is -2.44. The highest BCUT2D eigenvalue weighted by Gasteiger charge is 2.25. The molecule has 0 aliphatic heterocycles. The Kier molecular flexibility index (Phi) is 32.0. The Morgan fingerprint density at radius 2 is 0.830 bits per heavy atom. The number of alkyl carbamates (subject to hydrolysis) is 2. The number of imidazole rings is 3. The number of hydrogen-bond donors (Lipinski definition) is 6. The summed E-state index contributed by atoms with van der Waals surface area (Å²) in [5.74, 6) is 3.59. The molecule has 0 fully saturated rings. The van der Waals surface area contributed by atoms with Gasteiger partial charge in [0.2, 0.25) is 0 Å². The highest BCUT2D eigenvalue weighted by molar-refractivity contribution is 9.10. The number of amides is 2. The first kappa shape index (κ1) is 83.6. The first-order valence-corrected chi connectivity index (χ1v) is 42.3. The van der Waals surface area contributed by atoms with E-state index in [0.717, 1.165) is 167 Å². The fourth-order valence-corrected chi connectivity index (χ4v) is 12.4. The van der Waals surface area contributed by atoms with Crippen LogP contribution in [-0.4, -0.2) is 147 Å². The van der Waals surface area contributed by atoms with Crippen LogP contribution in [0, 0.1) is 0 Å². The van der Waals surface area contributed by atoms with Crippen LogP contribution in [0.4, 0.5) is 27.0 Å². The molecule has 0 bridgehead atoms. The number of carbonyl (C=O) groups excluding carboxylic acids is 2. The molecule has 30 heteroatoms. The summed E-state index contributed by atoms with van der Waals surface area (Å²) in [6.07, 6.45) is 12.5. The normalized spacial score (nSPS) is 11.7. The van der Waals surface area contributed by atoms with Gasteiger partial charge in [-0.2, -0.15) is 14.2 Å². The van der Waals surface area contributed by atoms with Crippen LogP contribution < -0.4 is 58.7 Å². The molecule has 0 spiro atoms. The van der Waals surface area contributed by atoms with Crippen molar-refractivity contribution in [2.24, 2.45) is 5.73 Å². The number of benzene rings is 3. The molecule has 0 atom stereocenters. The Bertz CT molecular complexity index is 4340. The lowest BCUT2D eigenvalue weighted by molar-refractivity contribution is 0.0512. The molecular weight excluding hydrogens is 1420 g/mol. The first-order valence-electron chi connectivity index (χ1n) is 34.2. The third-order valence-electron chi connectivity index (χ3n) is 15.1. The van der Waals surface area contributed by atoms with Crippen LogP contribution in [0.1, 0.15) is 158 Å². The van der Waals surface area contributed by atoms with Crippen LogP contribution in [0.2, 0.25) is 0 Å². The van der Waals surface area contributed by atoms with E-state index in [1.807, 2.05) is 106 Å². The largest absolute Gasteiger partial charge is 0.444 e. The summed E-state index contributed by atoms with van der Waals surface area (Å²) in [5, 5.41) is 9.78. The molecule has 2 amide bonds. The molecule has 100 heavy (non-hydrogen) atoms. The highest BCUT2D eigenvalue weighted by atomic mass is 79.9. The average Bonchev–Trinajstić information content (AvgIpc) is 1.67. The third kappa shape index (κ3) is 24.3. The maximum Gasteiger partial charge on any atom is 0.407 e. The van der Waals surface area contributed by atoms with Crippen molar-refractivity contribution in [3.05, 3.63) is 76.5 Å². The monoisotopic (exact) mass is 1530 g/mol. The lowest BCUT2D eigenvalue weighted by Crippen LogP contribution is -2.33. The van der Waals surface area contributed by atoms with Gasteiger partial charge in [0.25, 0.3) is 0 Å². The topological polar surface area (TPSA) is 352 Å². The molecule has 552 valence electrons. The second-order valence-electron chi connectivity index (χ2n) is 27.2. The Hall–Kier alpha value is -7.07. The number of halogens is 2. The van der Waals surface area contributed by atoms with Gasteiger partial charge in [0.1, 0.15) is 109 Å². The summed E-state index contributed by atoms with van der Waals surface area (Å²) >= 11 is 3.50. The smallest absolute Gasteiger partial charge is 0.407 e. The summed E-state index contributed by atoms with van der Waals surface area (Å²) in [7, 11) is -5.70. The van der Waals surface area contributed by atoms with Crippen molar-refractivity contribution >= 4 is 156 Å². The molecule has 0 saturated carbocycles. The second-order valence-corrected chi connectivity index (χ2v) is 36.2. The molecule has 6 aromatic heterocycles. The number of rotatable bonds is 28. The van der Waals surface area contributed by atoms with Gasteiger partial charge in [-0.25, -0.2) is 39.5 Å². The number of pyridine rings is 3. The Balaban J connectivity index is 0.000000311. The van der Waals surface area contributed by atoms with Gasteiger partial charge < -0.3 is 66.7 Å². The van der Waals surface area contributed by atoms with Crippen molar-refractivity contribution in [2.45, 2.75) is 170 Å². The van der Waals surface area contributed by atoms with E-state index in [2.05, 4.69) is 62.3 Å². The zero-order valence-corrected chi connectivity index (χ0v) is 66.2. The number of nitrogens with zero attached hydrogens (tertiary/aromatic N) is 9. The van der Waals surface area contributed by atoms with E-state index < -0.39 is 45.5 Å². The highest BCUT2D eigenvalue weighted by Crippen LogP contribution is 2.39. The summed E-state index contributed by atoms with van der Waals surface area (Å²) in [5.41, 5.74) is 29.9. The third-order valence-corrected chi connectivity index (χ3v) is 18.6. The average molecular weight is 1530 g/mol. The van der Waals surface area contributed by atoms with Gasteiger partial charge in [0.05, 0.1) is 16.6 Å². The lowest BCUT2D eigenvalue weighted by Gasteiger charge is -2.19. The van der Waals surface area contributed by atoms with E-state index in [9.17, 15) is 23.3 Å². The quantitative estimate of drug-likeness (QED) is 0.0196. The Morgan fingerprint density at radius 1 is 0.520 bits per heavy atom. The number of fused-ring (bicyclic) bond motifs is 9. The van der Waals surface area contributed by atoms with E-state index in [-0.39, 0.29) is 13.8 Å². The number of anilines is 3. The molecule has 0 aliphatic carbocycles. The van der Waals surface area contributed by atoms with Crippen LogP contribution in [0.5, 0.6) is 0 Å². The van der Waals surface area contributed by atoms with Crippen LogP contribution in [0.3, 0.4) is 0 Å². The van der Waals surface area contributed by atoms with Crippen molar-refractivity contribution in [1.82, 2.24) is 54.7 Å². The van der Waals surface area contributed by atoms with Crippen LogP contribution in [0.25, 0.3) is 65.8 Å². The minimum Gasteiger partial charge on any atom is -0.444 e. The molecule has 10 N–H and O–H groups in total. The Morgan fingerprint density at radius 3 is 1.13 bits per heavy atom. The first-order chi connectivity index (χ1) is 46.7. The van der Waals surface area contributed by atoms with Crippen LogP contribution >= 0.6 is 50.4 Å². The fourth-order valence-electron chi connectivity index (χ4n) is 10.3. The second kappa shape index (κ2) is 38.3. The lowest BCUT2D eigenvalue weighted by atomic mass is 10.2. The fraction of sp³-hybridized carbons (Fsp3) is 0.543. The zero-order valence-electron chi connectivity index (χ0n) is 61.1. The molecule has 25 nitrogen and oxygen atoms in total. The SMILES string of the molecule is CCCCc1nc2c(N)nc3cc(Br)ccc3c2n1OCCCCNC(=O)OC(C)(C)C.CCCCc1nc2c(N)nc3cc(P(C)(C)=O)ccc3c2n1OCCCCN.CCCCc1nc2c(N)nc3cc(P(C)(C)=O)ccc3c2n1OCCCCNC(=O)OC(C)(C)C.C[P+](C)=O.Cl.[2HH]. The standard InChI is InChI=1S/C25H38N5O4P.C23H32BrN5O3.C20H30N5O2P.C2H6OP.ClH.H2/c1-7-8-11-20-29-21-22(18-13-12-17(35(5,6)32)16-19(18)28-23(21)26)30(20)33-15-10-9-14-27-24(31)34-25(2,3)4;1-5-6-9-18-28-19-20(16-11-10-15(24)14-17(16)27-21(19)25)29(18)31-13-8-7-12-26-22(30)32-23(2,3)4;1-4-5-8-17-24-18-19(25(17)27-12-7-6-11-21)15-10-9-14(28(2,3)26)13-16(15)23-20(18)22;1-4(2)3;;/h12-13,16H,7-11,14-15H2,1-6H3,(H2,26,28)(H,27,31);10-11,14H,5-9,12-13H2,1-4H3,(H2,25,27)(H,26,30);9-10,13H,4-8,11-12,21H2,1-3H3,(H2,22,23);1-2H3;2*1H/q;;;+1;;/i;;;;;1+1. The van der Waals surface area contributed by atoms with E-state index in [0.29, 0.717) is 84.5 Å². The maximum atomic E-state index is 12.6. The van der Waals surface area contributed by atoms with Crippen molar-refractivity contribution in [3.63, 3.8) is 0 Å². The number of aryl methyl sites for hydroxylation is 3. The summed E-state index contributed by atoms with van der Waals surface area (Å²) in [4.78, 5) is 69.9. The predicted octanol–water partition coefficient (Wildman–Crippen LogP) is 14.2. The number of carbonyl (C=O) groups is 2. The zero-order chi connectivity index (χ0) is 73.0. The molecule has 0 radical (unpaired) electrons. The molecule has 6 heterocycles. The van der Waals surface area contributed by atoms with Gasteiger partial charge in [-0.1, -0.05) is 72.7 Å². The van der Waals surface area contributed by atoms with E-state index in [4.69, 9.17) is 61.9 Å². The molecule has 0 aliphatic rings. The molecule has 9 aromatic rings. The summed E-state index contributed by atoms with van der Waals surface area (Å²) in [6, 6.07) is 17.3. The number of nitrogens with one attached hydrogen (secondary N) is 2. The number of aromatic nitrogens is 9. The van der Waals surface area contributed by atoms with Gasteiger partial charge in [-0.3, -0.25) is 0 Å². The van der Waals surface area contributed by atoms with Gasteiger partial charge in [-0.05, 0) is 175 Å². The molecule has 0 saturated heterocycles. The van der Waals surface area contributed by atoms with Crippen LogP contribution in [-0.2, 0) is 42.4 Å².